The third kappa shape index (κ3) is 11.6. The van der Waals surface area contributed by atoms with Crippen molar-refractivity contribution >= 4 is 47.8 Å². The molecule has 0 N–H and O–H groups in total. The predicted molar refractivity (Wildman–Crippen MR) is 133 cm³/mol. The van der Waals surface area contributed by atoms with Crippen LogP contribution in [0.3, 0.4) is 0 Å². The fourth-order valence-electron chi connectivity index (χ4n) is 2.89. The SMILES string of the molecule is BrCCCOc1ccc(Br)cc1.FC1(F)CCN(CCCOc2ccc(Br)cc2)CC1. The fourth-order valence-corrected chi connectivity index (χ4v) is 3.65. The van der Waals surface area contributed by atoms with E-state index in [9.17, 15) is 8.78 Å². The van der Waals surface area contributed by atoms with E-state index in [1.54, 1.807) is 0 Å². The predicted octanol–water partition coefficient (Wildman–Crippen LogP) is 7.56. The Balaban J connectivity index is 0.000000245. The molecule has 1 fully saturated rings. The van der Waals surface area contributed by atoms with Crippen LogP contribution in [0.1, 0.15) is 25.7 Å². The number of alkyl halides is 3. The van der Waals surface area contributed by atoms with Crippen LogP contribution in [-0.2, 0) is 0 Å². The van der Waals surface area contributed by atoms with Crippen LogP contribution in [0.5, 0.6) is 11.5 Å². The Morgan fingerprint density at radius 2 is 1.23 bits per heavy atom. The number of ether oxygens (including phenoxy) is 2. The number of halogens is 5. The summed E-state index contributed by atoms with van der Waals surface area (Å²) in [6.07, 6.45) is 1.87. The average Bonchev–Trinajstić information content (AvgIpc) is 2.76. The van der Waals surface area contributed by atoms with Crippen LogP contribution in [-0.4, -0.2) is 49.0 Å². The molecule has 2 aromatic rings. The van der Waals surface area contributed by atoms with Crippen LogP contribution in [0.15, 0.2) is 57.5 Å². The number of hydrogen-bond acceptors (Lipinski definition) is 3. The molecule has 3 rings (SSSR count). The molecular formula is C23H28Br3F2NO2. The normalized spacial score (nSPS) is 15.6. The lowest BCUT2D eigenvalue weighted by Crippen LogP contribution is -2.40. The first-order valence-corrected chi connectivity index (χ1v) is 13.0. The first-order valence-electron chi connectivity index (χ1n) is 10.3. The van der Waals surface area contributed by atoms with Crippen molar-refractivity contribution in [2.24, 2.45) is 0 Å². The summed E-state index contributed by atoms with van der Waals surface area (Å²) in [5, 5.41) is 0.990. The average molecular weight is 628 g/mol. The van der Waals surface area contributed by atoms with Gasteiger partial charge in [0.15, 0.2) is 0 Å². The van der Waals surface area contributed by atoms with Crippen molar-refractivity contribution in [2.45, 2.75) is 31.6 Å². The molecule has 1 heterocycles. The summed E-state index contributed by atoms with van der Waals surface area (Å²) >= 11 is 10.1. The van der Waals surface area contributed by atoms with Crippen LogP contribution < -0.4 is 9.47 Å². The summed E-state index contributed by atoms with van der Waals surface area (Å²) in [5.74, 6) is -0.683. The van der Waals surface area contributed by atoms with Gasteiger partial charge in [-0.15, -0.1) is 0 Å². The minimum Gasteiger partial charge on any atom is -0.494 e. The van der Waals surface area contributed by atoms with Crippen molar-refractivity contribution < 1.29 is 18.3 Å². The summed E-state index contributed by atoms with van der Waals surface area (Å²) in [6.45, 7) is 3.20. The first kappa shape index (κ1) is 26.6. The van der Waals surface area contributed by atoms with E-state index in [1.807, 2.05) is 48.5 Å². The zero-order valence-electron chi connectivity index (χ0n) is 17.3. The van der Waals surface area contributed by atoms with Gasteiger partial charge in [0.25, 0.3) is 5.92 Å². The Hall–Kier alpha value is -0.700. The van der Waals surface area contributed by atoms with E-state index in [-0.39, 0.29) is 12.8 Å². The molecule has 0 amide bonds. The second kappa shape index (κ2) is 14.4. The van der Waals surface area contributed by atoms with Gasteiger partial charge in [0.1, 0.15) is 11.5 Å². The van der Waals surface area contributed by atoms with Gasteiger partial charge >= 0.3 is 0 Å². The summed E-state index contributed by atoms with van der Waals surface area (Å²) in [6, 6.07) is 15.5. The van der Waals surface area contributed by atoms with Crippen molar-refractivity contribution in [1.29, 1.82) is 0 Å². The zero-order chi connectivity index (χ0) is 22.5. The van der Waals surface area contributed by atoms with E-state index in [2.05, 4.69) is 52.7 Å². The van der Waals surface area contributed by atoms with Gasteiger partial charge in [-0.25, -0.2) is 8.78 Å². The van der Waals surface area contributed by atoms with E-state index in [0.29, 0.717) is 19.7 Å². The minimum absolute atomic E-state index is 0.0133. The van der Waals surface area contributed by atoms with E-state index in [1.165, 1.54) is 0 Å². The molecule has 3 nitrogen and oxygen atoms in total. The quantitative estimate of drug-likeness (QED) is 0.212. The highest BCUT2D eigenvalue weighted by molar-refractivity contribution is 9.10. The molecule has 8 heteroatoms. The van der Waals surface area contributed by atoms with Crippen LogP contribution in [0.25, 0.3) is 0 Å². The first-order chi connectivity index (χ1) is 14.9. The lowest BCUT2D eigenvalue weighted by atomic mass is 10.1. The van der Waals surface area contributed by atoms with Crippen LogP contribution in [0.4, 0.5) is 8.78 Å². The molecule has 1 aliphatic rings. The molecule has 0 atom stereocenters. The largest absolute Gasteiger partial charge is 0.494 e. The van der Waals surface area contributed by atoms with Crippen molar-refractivity contribution in [3.63, 3.8) is 0 Å². The van der Waals surface area contributed by atoms with Gasteiger partial charge in [-0.3, -0.25) is 0 Å². The number of nitrogens with zero attached hydrogens (tertiary/aromatic N) is 1. The summed E-state index contributed by atoms with van der Waals surface area (Å²) in [4.78, 5) is 2.09. The van der Waals surface area contributed by atoms with Crippen LogP contribution >= 0.6 is 47.8 Å². The van der Waals surface area contributed by atoms with E-state index in [0.717, 1.165) is 51.8 Å². The Morgan fingerprint density at radius 1 is 0.774 bits per heavy atom. The molecule has 1 aliphatic heterocycles. The second-order valence-corrected chi connectivity index (χ2v) is 9.82. The number of hydrogen-bond donors (Lipinski definition) is 0. The van der Waals surface area contributed by atoms with Crippen molar-refractivity contribution in [2.75, 3.05) is 38.2 Å². The molecule has 0 unspecified atom stereocenters. The molecule has 0 spiro atoms. The van der Waals surface area contributed by atoms with Gasteiger partial charge < -0.3 is 14.4 Å². The number of piperidine rings is 1. The smallest absolute Gasteiger partial charge is 0.250 e. The Bertz CT molecular complexity index is 735. The highest BCUT2D eigenvalue weighted by atomic mass is 79.9. The Kier molecular flexibility index (Phi) is 12.4. The van der Waals surface area contributed by atoms with Gasteiger partial charge in [0, 0.05) is 46.8 Å². The number of likely N-dealkylation sites (tertiary alicyclic amines) is 1. The molecule has 0 radical (unpaired) electrons. The third-order valence-corrected chi connectivity index (χ3v) is 6.27. The molecule has 172 valence electrons. The molecule has 0 bridgehead atoms. The molecular weight excluding hydrogens is 600 g/mol. The van der Waals surface area contributed by atoms with Gasteiger partial charge in [0.2, 0.25) is 0 Å². The number of benzene rings is 2. The van der Waals surface area contributed by atoms with Crippen LogP contribution in [0.2, 0.25) is 0 Å². The highest BCUT2D eigenvalue weighted by Crippen LogP contribution is 2.27. The minimum atomic E-state index is -2.45. The van der Waals surface area contributed by atoms with E-state index in [4.69, 9.17) is 9.47 Å². The molecule has 2 aromatic carbocycles. The molecule has 31 heavy (non-hydrogen) atoms. The van der Waals surface area contributed by atoms with Crippen molar-refractivity contribution in [3.05, 3.63) is 57.5 Å². The standard InChI is InChI=1S/C14H18BrF2NO.C9H10Br2O/c15-12-2-4-13(5-3-12)19-11-1-8-18-9-6-14(16,17)7-10-18;10-6-1-7-12-9-4-2-8(11)3-5-9/h2-5H,1,6-11H2;2-5H,1,6-7H2. The third-order valence-electron chi connectivity index (χ3n) is 4.65. The maximum atomic E-state index is 13.0. The zero-order valence-corrected chi connectivity index (χ0v) is 22.1. The monoisotopic (exact) mass is 625 g/mol. The lowest BCUT2D eigenvalue weighted by Gasteiger charge is -2.31. The number of rotatable bonds is 9. The summed E-state index contributed by atoms with van der Waals surface area (Å²) in [5.41, 5.74) is 0. The molecule has 1 saturated heterocycles. The summed E-state index contributed by atoms with van der Waals surface area (Å²) < 4.78 is 39.1. The van der Waals surface area contributed by atoms with Gasteiger partial charge in [-0.05, 0) is 61.4 Å². The molecule has 0 aromatic heterocycles. The summed E-state index contributed by atoms with van der Waals surface area (Å²) in [7, 11) is 0. The van der Waals surface area contributed by atoms with E-state index < -0.39 is 5.92 Å². The Morgan fingerprint density at radius 3 is 1.68 bits per heavy atom. The van der Waals surface area contributed by atoms with Gasteiger partial charge in [-0.1, -0.05) is 47.8 Å². The molecule has 0 saturated carbocycles. The van der Waals surface area contributed by atoms with E-state index >= 15 is 0 Å². The fraction of sp³-hybridized carbons (Fsp3) is 0.478. The highest BCUT2D eigenvalue weighted by Gasteiger charge is 2.33. The van der Waals surface area contributed by atoms with Crippen LogP contribution in [0, 0.1) is 0 Å². The van der Waals surface area contributed by atoms with Gasteiger partial charge in [-0.2, -0.15) is 0 Å². The van der Waals surface area contributed by atoms with Crippen molar-refractivity contribution in [3.8, 4) is 11.5 Å². The van der Waals surface area contributed by atoms with Gasteiger partial charge in [0.05, 0.1) is 13.2 Å². The molecule has 0 aliphatic carbocycles. The maximum Gasteiger partial charge on any atom is 0.250 e. The lowest BCUT2D eigenvalue weighted by molar-refractivity contribution is -0.0554. The maximum absolute atomic E-state index is 13.0. The topological polar surface area (TPSA) is 21.7 Å². The van der Waals surface area contributed by atoms with Crippen molar-refractivity contribution in [1.82, 2.24) is 4.90 Å². The second-order valence-electron chi connectivity index (χ2n) is 7.20. The Labute approximate surface area is 208 Å².